The van der Waals surface area contributed by atoms with Crippen LogP contribution in [0.2, 0.25) is 0 Å². The van der Waals surface area contributed by atoms with Gasteiger partial charge < -0.3 is 14.7 Å². The van der Waals surface area contributed by atoms with Gasteiger partial charge in [-0.3, -0.25) is 24.0 Å². The Morgan fingerprint density at radius 2 is 0.658 bits per heavy atom. The Bertz CT molecular complexity index is 926. The monoisotopic (exact) mass is 527 g/mol. The molecule has 38 heavy (non-hydrogen) atoms. The Kier molecular flexibility index (Phi) is 15.5. The summed E-state index contributed by atoms with van der Waals surface area (Å²) in [6.45, 7) is 28.2. The van der Waals surface area contributed by atoms with Crippen molar-refractivity contribution in [2.24, 2.45) is 0 Å². The summed E-state index contributed by atoms with van der Waals surface area (Å²) >= 11 is 0. The van der Waals surface area contributed by atoms with Crippen molar-refractivity contribution in [3.8, 4) is 0 Å². The number of ketones is 2. The van der Waals surface area contributed by atoms with Gasteiger partial charge in [0.2, 0.25) is 17.7 Å². The minimum Gasteiger partial charge on any atom is -0.337 e. The normalized spacial score (nSPS) is 10.2. The largest absolute Gasteiger partial charge is 0.337 e. The summed E-state index contributed by atoms with van der Waals surface area (Å²) in [5.41, 5.74) is 1.99. The maximum Gasteiger partial charge on any atom is 0.249 e. The van der Waals surface area contributed by atoms with E-state index >= 15 is 0 Å². The molecular formula is C30H45N3O5. The number of hydrogen-bond acceptors (Lipinski definition) is 5. The number of amides is 3. The van der Waals surface area contributed by atoms with E-state index in [-0.39, 0.29) is 68.3 Å². The number of Topliss-reactive ketones (excluding diaryl/α,β-unsaturated/α-hetero) is 2. The van der Waals surface area contributed by atoms with Gasteiger partial charge in [-0.05, 0) is 58.6 Å². The van der Waals surface area contributed by atoms with Crippen molar-refractivity contribution in [3.63, 3.8) is 0 Å². The number of hydrogen-bond donors (Lipinski definition) is 0. The van der Waals surface area contributed by atoms with Crippen molar-refractivity contribution in [1.29, 1.82) is 0 Å². The first-order valence-corrected chi connectivity index (χ1v) is 12.8. The minimum atomic E-state index is -0.287. The molecule has 0 aliphatic rings. The fourth-order valence-electron chi connectivity index (χ4n) is 3.53. The van der Waals surface area contributed by atoms with Crippen LogP contribution in [0.1, 0.15) is 60.3 Å². The molecule has 0 N–H and O–H groups in total. The van der Waals surface area contributed by atoms with Gasteiger partial charge in [0.05, 0.1) is 0 Å². The quantitative estimate of drug-likeness (QED) is 0.236. The van der Waals surface area contributed by atoms with Crippen molar-refractivity contribution in [1.82, 2.24) is 14.7 Å². The van der Waals surface area contributed by atoms with Crippen LogP contribution in [0.4, 0.5) is 0 Å². The first-order chi connectivity index (χ1) is 17.6. The van der Waals surface area contributed by atoms with E-state index in [9.17, 15) is 24.0 Å². The molecule has 0 heterocycles. The van der Waals surface area contributed by atoms with Crippen LogP contribution >= 0.6 is 0 Å². The van der Waals surface area contributed by atoms with E-state index in [0.717, 1.165) is 0 Å². The zero-order chi connectivity index (χ0) is 29.6. The number of carbonyl (C=O) groups is 5. The zero-order valence-corrected chi connectivity index (χ0v) is 24.0. The van der Waals surface area contributed by atoms with Gasteiger partial charge in [-0.2, -0.15) is 0 Å². The lowest BCUT2D eigenvalue weighted by Crippen LogP contribution is -2.46. The van der Waals surface area contributed by atoms with Crippen molar-refractivity contribution >= 4 is 29.3 Å². The van der Waals surface area contributed by atoms with E-state index in [2.05, 4.69) is 32.9 Å². The Labute approximate surface area is 228 Å². The van der Waals surface area contributed by atoms with Crippen molar-refractivity contribution in [2.45, 2.75) is 60.3 Å². The Hall–Kier alpha value is -3.55. The third kappa shape index (κ3) is 12.6. The van der Waals surface area contributed by atoms with Crippen LogP contribution in [-0.4, -0.2) is 83.3 Å². The molecule has 0 aliphatic carbocycles. The molecule has 0 fully saturated rings. The molecule has 210 valence electrons. The third-order valence-electron chi connectivity index (χ3n) is 5.85. The highest BCUT2D eigenvalue weighted by Crippen LogP contribution is 2.09. The van der Waals surface area contributed by atoms with Crippen molar-refractivity contribution in [3.05, 3.63) is 60.8 Å². The van der Waals surface area contributed by atoms with Crippen LogP contribution in [0.25, 0.3) is 0 Å². The summed E-state index contributed by atoms with van der Waals surface area (Å²) in [7, 11) is 0. The molecule has 3 amide bonds. The third-order valence-corrected chi connectivity index (χ3v) is 5.85. The lowest BCUT2D eigenvalue weighted by atomic mass is 10.1. The van der Waals surface area contributed by atoms with E-state index in [1.807, 2.05) is 0 Å². The maximum atomic E-state index is 12.9. The summed E-state index contributed by atoms with van der Waals surface area (Å²) in [6, 6.07) is 0. The predicted molar refractivity (Wildman–Crippen MR) is 152 cm³/mol. The molecule has 0 aromatic carbocycles. The zero-order valence-electron chi connectivity index (χ0n) is 24.0. The van der Waals surface area contributed by atoms with Gasteiger partial charge in [-0.25, -0.2) is 0 Å². The lowest BCUT2D eigenvalue weighted by molar-refractivity contribution is -0.132. The van der Waals surface area contributed by atoms with Gasteiger partial charge in [-0.15, -0.1) is 0 Å². The van der Waals surface area contributed by atoms with Gasteiger partial charge in [-0.1, -0.05) is 32.9 Å². The summed E-state index contributed by atoms with van der Waals surface area (Å²) in [6.07, 6.45) is 1.47. The molecule has 0 unspecified atom stereocenters. The molecule has 0 spiro atoms. The number of carbonyl (C=O) groups excluding carboxylic acids is 5. The van der Waals surface area contributed by atoms with E-state index in [4.69, 9.17) is 0 Å². The average molecular weight is 528 g/mol. The van der Waals surface area contributed by atoms with Gasteiger partial charge in [0, 0.05) is 68.8 Å². The van der Waals surface area contributed by atoms with E-state index in [1.165, 1.54) is 0 Å². The molecule has 0 aromatic rings. The lowest BCUT2D eigenvalue weighted by Gasteiger charge is -2.31. The van der Waals surface area contributed by atoms with Crippen LogP contribution in [0.15, 0.2) is 60.8 Å². The van der Waals surface area contributed by atoms with Crippen LogP contribution in [-0.2, 0) is 24.0 Å². The molecule has 0 saturated heterocycles. The molecule has 0 saturated carbocycles. The molecule has 0 bridgehead atoms. The van der Waals surface area contributed by atoms with Crippen LogP contribution in [0.3, 0.4) is 0 Å². The first-order valence-electron chi connectivity index (χ1n) is 12.8. The fraction of sp³-hybridized carbons (Fsp3) is 0.500. The number of rotatable bonds is 19. The molecule has 8 heteroatoms. The van der Waals surface area contributed by atoms with Gasteiger partial charge in [0.1, 0.15) is 0 Å². The highest BCUT2D eigenvalue weighted by Gasteiger charge is 2.22. The van der Waals surface area contributed by atoms with Crippen LogP contribution in [0, 0.1) is 0 Å². The van der Waals surface area contributed by atoms with Crippen LogP contribution < -0.4 is 0 Å². The molecule has 8 nitrogen and oxygen atoms in total. The summed E-state index contributed by atoms with van der Waals surface area (Å²) in [5, 5.41) is 0. The summed E-state index contributed by atoms with van der Waals surface area (Å²) < 4.78 is 0. The predicted octanol–water partition coefficient (Wildman–Crippen LogP) is 4.05. The SMILES string of the molecule is C=C(C)C(=O)CCCN(CCN(CCN(CCCC(=O)C(=C)C)C(=O)C(=C)C)C(=O)C(=C)C)C(=O)C(=C)C. The highest BCUT2D eigenvalue weighted by atomic mass is 16.2. The fourth-order valence-corrected chi connectivity index (χ4v) is 3.53. The van der Waals surface area contributed by atoms with Crippen molar-refractivity contribution in [2.75, 3.05) is 39.3 Å². The topological polar surface area (TPSA) is 95.1 Å². The summed E-state index contributed by atoms with van der Waals surface area (Å²) in [5.74, 6) is -0.906. The second-order valence-electron chi connectivity index (χ2n) is 9.83. The second kappa shape index (κ2) is 17.1. The van der Waals surface area contributed by atoms with Gasteiger partial charge >= 0.3 is 0 Å². The Morgan fingerprint density at radius 3 is 0.868 bits per heavy atom. The average Bonchev–Trinajstić information content (AvgIpc) is 2.84. The highest BCUT2D eigenvalue weighted by molar-refractivity contribution is 5.95. The number of nitrogens with zero attached hydrogens (tertiary/aromatic N) is 3. The first kappa shape index (κ1) is 34.5. The van der Waals surface area contributed by atoms with Crippen LogP contribution in [0.5, 0.6) is 0 Å². The van der Waals surface area contributed by atoms with E-state index < -0.39 is 0 Å². The molecule has 0 aromatic heterocycles. The van der Waals surface area contributed by atoms with Gasteiger partial charge in [0.25, 0.3) is 0 Å². The second-order valence-corrected chi connectivity index (χ2v) is 9.83. The Morgan fingerprint density at radius 1 is 0.421 bits per heavy atom. The van der Waals surface area contributed by atoms with E-state index in [1.54, 1.807) is 49.3 Å². The number of allylic oxidation sites excluding steroid dienone is 2. The maximum absolute atomic E-state index is 12.9. The minimum absolute atomic E-state index is 0.0565. The van der Waals surface area contributed by atoms with E-state index in [0.29, 0.717) is 53.8 Å². The molecule has 0 rings (SSSR count). The Balaban J connectivity index is 5.51. The van der Waals surface area contributed by atoms with Gasteiger partial charge in [0.15, 0.2) is 11.6 Å². The smallest absolute Gasteiger partial charge is 0.249 e. The molecule has 0 radical (unpaired) electrons. The van der Waals surface area contributed by atoms with Crippen molar-refractivity contribution < 1.29 is 24.0 Å². The molecule has 0 atom stereocenters. The molecule has 0 aliphatic heterocycles. The summed E-state index contributed by atoms with van der Waals surface area (Å²) in [4.78, 5) is 66.9. The molecular weight excluding hydrogens is 482 g/mol. The standard InChI is InChI=1S/C30H45N3O5/c1-21(2)26(34)13-11-15-31(28(36)23(5)6)17-19-33(30(38)25(9)10)20-18-32(29(37)24(7)8)16-12-14-27(35)22(3)4/h1,3,5,7,9,11-20H2,2,4,6,8,10H3.